The summed E-state index contributed by atoms with van der Waals surface area (Å²) in [5.74, 6) is 0. The van der Waals surface area contributed by atoms with Gasteiger partial charge in [0.1, 0.15) is 0 Å². The Morgan fingerprint density at radius 3 is 2.45 bits per heavy atom. The summed E-state index contributed by atoms with van der Waals surface area (Å²) >= 11 is 1.92. The maximum absolute atomic E-state index is 3.73. The van der Waals surface area contributed by atoms with Crippen LogP contribution >= 0.6 is 11.3 Å². The van der Waals surface area contributed by atoms with Crippen LogP contribution in [-0.2, 0) is 0 Å². The first-order valence-electron chi connectivity index (χ1n) is 7.41. The highest BCUT2D eigenvalue weighted by molar-refractivity contribution is 7.12. The monoisotopic (exact) mass is 287 g/mol. The summed E-state index contributed by atoms with van der Waals surface area (Å²) in [6.45, 7) is 12.1. The smallest absolute Gasteiger partial charge is 0.0676 e. The van der Waals surface area contributed by atoms with Crippen LogP contribution in [0.5, 0.6) is 0 Å². The van der Waals surface area contributed by atoms with Crippen molar-refractivity contribution in [2.75, 3.05) is 6.54 Å². The van der Waals surface area contributed by atoms with E-state index in [0.29, 0.717) is 6.04 Å². The second-order valence-electron chi connectivity index (χ2n) is 5.58. The van der Waals surface area contributed by atoms with E-state index in [1.165, 1.54) is 32.0 Å². The third-order valence-electron chi connectivity index (χ3n) is 3.90. The van der Waals surface area contributed by atoms with Gasteiger partial charge < -0.3 is 5.32 Å². The molecule has 0 spiro atoms. The van der Waals surface area contributed by atoms with E-state index in [-0.39, 0.29) is 0 Å². The Morgan fingerprint density at radius 2 is 1.85 bits per heavy atom. The van der Waals surface area contributed by atoms with Crippen molar-refractivity contribution >= 4 is 11.3 Å². The van der Waals surface area contributed by atoms with Gasteiger partial charge in [0.2, 0.25) is 0 Å². The average molecular weight is 287 g/mol. The van der Waals surface area contributed by atoms with Gasteiger partial charge in [0.15, 0.2) is 0 Å². The maximum Gasteiger partial charge on any atom is 0.0676 e. The van der Waals surface area contributed by atoms with Crippen molar-refractivity contribution in [1.82, 2.24) is 5.32 Å². The van der Waals surface area contributed by atoms with Crippen LogP contribution in [0.15, 0.2) is 24.3 Å². The van der Waals surface area contributed by atoms with Gasteiger partial charge in [-0.05, 0) is 69.0 Å². The number of hydrogen-bond acceptors (Lipinski definition) is 2. The lowest BCUT2D eigenvalue weighted by atomic mass is 9.95. The zero-order valence-corrected chi connectivity index (χ0v) is 14.0. The Labute approximate surface area is 127 Å². The molecule has 0 saturated heterocycles. The molecule has 1 unspecified atom stereocenters. The Morgan fingerprint density at radius 1 is 1.10 bits per heavy atom. The van der Waals surface area contributed by atoms with Gasteiger partial charge in [0.05, 0.1) is 6.04 Å². The van der Waals surface area contributed by atoms with Crippen molar-refractivity contribution in [3.05, 3.63) is 56.3 Å². The largest absolute Gasteiger partial charge is 0.306 e. The minimum Gasteiger partial charge on any atom is -0.306 e. The molecule has 20 heavy (non-hydrogen) atoms. The van der Waals surface area contributed by atoms with Crippen LogP contribution in [0.1, 0.15) is 51.4 Å². The second kappa shape index (κ2) is 6.55. The van der Waals surface area contributed by atoms with Crippen LogP contribution in [-0.4, -0.2) is 6.54 Å². The highest BCUT2D eigenvalue weighted by Gasteiger charge is 2.19. The molecule has 1 nitrogen and oxygen atoms in total. The average Bonchev–Trinajstić information content (AvgIpc) is 2.74. The fourth-order valence-corrected chi connectivity index (χ4v) is 3.80. The molecule has 0 amide bonds. The molecule has 2 heteroatoms. The van der Waals surface area contributed by atoms with Crippen LogP contribution in [0, 0.1) is 27.7 Å². The highest BCUT2D eigenvalue weighted by atomic mass is 32.1. The molecular formula is C18H25NS. The van der Waals surface area contributed by atoms with Gasteiger partial charge in [-0.2, -0.15) is 0 Å². The van der Waals surface area contributed by atoms with Crippen LogP contribution in [0.3, 0.4) is 0 Å². The lowest BCUT2D eigenvalue weighted by Gasteiger charge is -2.22. The zero-order chi connectivity index (χ0) is 14.7. The lowest BCUT2D eigenvalue weighted by molar-refractivity contribution is 0.601. The van der Waals surface area contributed by atoms with Crippen LogP contribution in [0.25, 0.3) is 0 Å². The highest BCUT2D eigenvalue weighted by Crippen LogP contribution is 2.33. The molecule has 2 rings (SSSR count). The maximum atomic E-state index is 3.73. The van der Waals surface area contributed by atoms with Crippen LogP contribution in [0.2, 0.25) is 0 Å². The van der Waals surface area contributed by atoms with Gasteiger partial charge in [-0.25, -0.2) is 0 Å². The molecule has 0 aliphatic rings. The lowest BCUT2D eigenvalue weighted by Crippen LogP contribution is -2.24. The predicted octanol–water partition coefficient (Wildman–Crippen LogP) is 5.07. The SMILES string of the molecule is CCCNC(c1cccc(C)c1C)c1sc(C)cc1C. The van der Waals surface area contributed by atoms with Crippen molar-refractivity contribution < 1.29 is 0 Å². The summed E-state index contributed by atoms with van der Waals surface area (Å²) in [7, 11) is 0. The number of rotatable bonds is 5. The molecule has 2 aromatic rings. The minimum absolute atomic E-state index is 0.327. The van der Waals surface area contributed by atoms with Crippen LogP contribution < -0.4 is 5.32 Å². The van der Waals surface area contributed by atoms with E-state index in [4.69, 9.17) is 0 Å². The summed E-state index contributed by atoms with van der Waals surface area (Å²) < 4.78 is 0. The first-order valence-corrected chi connectivity index (χ1v) is 8.22. The molecular weight excluding hydrogens is 262 g/mol. The molecule has 1 heterocycles. The van der Waals surface area contributed by atoms with E-state index >= 15 is 0 Å². The number of hydrogen-bond donors (Lipinski definition) is 1. The predicted molar refractivity (Wildman–Crippen MR) is 89.8 cm³/mol. The standard InChI is InChI=1S/C18H25NS/c1-6-10-19-17(18-13(3)11-14(4)20-18)16-9-7-8-12(2)15(16)5/h7-9,11,17,19H,6,10H2,1-5H3. The summed E-state index contributed by atoms with van der Waals surface area (Å²) in [6.07, 6.45) is 1.16. The minimum atomic E-state index is 0.327. The number of thiophene rings is 1. The van der Waals surface area contributed by atoms with Crippen molar-refractivity contribution in [3.63, 3.8) is 0 Å². The van der Waals surface area contributed by atoms with E-state index < -0.39 is 0 Å². The second-order valence-corrected chi connectivity index (χ2v) is 6.87. The third kappa shape index (κ3) is 3.13. The number of aryl methyl sites for hydroxylation is 3. The molecule has 1 aromatic heterocycles. The summed E-state index contributed by atoms with van der Waals surface area (Å²) in [6, 6.07) is 9.26. The molecule has 0 bridgehead atoms. The molecule has 0 radical (unpaired) electrons. The fourth-order valence-electron chi connectivity index (χ4n) is 2.67. The molecule has 0 aliphatic heterocycles. The molecule has 1 N–H and O–H groups in total. The van der Waals surface area contributed by atoms with E-state index in [0.717, 1.165) is 13.0 Å². The summed E-state index contributed by atoms with van der Waals surface area (Å²) in [4.78, 5) is 2.86. The Hall–Kier alpha value is -1.12. The van der Waals surface area contributed by atoms with E-state index in [1.54, 1.807) is 0 Å². The van der Waals surface area contributed by atoms with Crippen LogP contribution in [0.4, 0.5) is 0 Å². The van der Waals surface area contributed by atoms with Gasteiger partial charge in [-0.1, -0.05) is 25.1 Å². The quantitative estimate of drug-likeness (QED) is 0.809. The third-order valence-corrected chi connectivity index (χ3v) is 5.11. The molecule has 1 atom stereocenters. The Bertz CT molecular complexity index is 583. The van der Waals surface area contributed by atoms with Crippen molar-refractivity contribution in [1.29, 1.82) is 0 Å². The normalized spacial score (nSPS) is 12.7. The van der Waals surface area contributed by atoms with Gasteiger partial charge in [0.25, 0.3) is 0 Å². The van der Waals surface area contributed by atoms with E-state index in [9.17, 15) is 0 Å². The molecule has 0 saturated carbocycles. The van der Waals surface area contributed by atoms with Gasteiger partial charge in [0, 0.05) is 9.75 Å². The zero-order valence-electron chi connectivity index (χ0n) is 13.2. The summed E-state index contributed by atoms with van der Waals surface area (Å²) in [5.41, 5.74) is 5.61. The Balaban J connectivity index is 2.47. The van der Waals surface area contributed by atoms with E-state index in [2.05, 4.69) is 64.2 Å². The molecule has 0 aliphatic carbocycles. The van der Waals surface area contributed by atoms with Crippen molar-refractivity contribution in [2.45, 2.75) is 47.1 Å². The van der Waals surface area contributed by atoms with Gasteiger partial charge >= 0.3 is 0 Å². The molecule has 108 valence electrons. The van der Waals surface area contributed by atoms with Gasteiger partial charge in [-0.15, -0.1) is 11.3 Å². The van der Waals surface area contributed by atoms with E-state index in [1.807, 2.05) is 11.3 Å². The van der Waals surface area contributed by atoms with Crippen molar-refractivity contribution in [3.8, 4) is 0 Å². The Kier molecular flexibility index (Phi) is 5.00. The first-order chi connectivity index (χ1) is 9.54. The number of nitrogens with one attached hydrogen (secondary N) is 1. The fraction of sp³-hybridized carbons (Fsp3) is 0.444. The van der Waals surface area contributed by atoms with Crippen molar-refractivity contribution in [2.24, 2.45) is 0 Å². The number of benzene rings is 1. The topological polar surface area (TPSA) is 12.0 Å². The molecule has 1 aromatic carbocycles. The van der Waals surface area contributed by atoms with Gasteiger partial charge in [-0.3, -0.25) is 0 Å². The molecule has 0 fully saturated rings. The summed E-state index contributed by atoms with van der Waals surface area (Å²) in [5, 5.41) is 3.73. The first kappa shape index (κ1) is 15.3.